The number of thioether (sulfide) groups is 1. The number of rotatable bonds is 8. The first-order valence-electron chi connectivity index (χ1n) is 11.1. The van der Waals surface area contributed by atoms with Crippen molar-refractivity contribution >= 4 is 50.2 Å². The van der Waals surface area contributed by atoms with Crippen molar-refractivity contribution in [2.45, 2.75) is 12.1 Å². The lowest BCUT2D eigenvalue weighted by Crippen LogP contribution is -2.14. The molecule has 0 radical (unpaired) electrons. The maximum absolute atomic E-state index is 12.6. The molecule has 0 atom stereocenters. The topological polar surface area (TPSA) is 84.8 Å². The number of nitrogens with one attached hydrogen (secondary N) is 2. The van der Waals surface area contributed by atoms with Gasteiger partial charge in [-0.15, -0.1) is 10.2 Å². The summed E-state index contributed by atoms with van der Waals surface area (Å²) >= 11 is 4.74. The normalized spacial score (nSPS) is 11.0. The summed E-state index contributed by atoms with van der Waals surface area (Å²) in [5.74, 6) is 1.56. The standard InChI is InChI=1S/C26H22BrN5O2S/c1-2-34-20-13-11-19(12-14-20)32-25(22-15-28-23-6-4-3-5-21(22)23)30-31-26(32)35-16-24(33)29-18-9-7-17(27)8-10-18/h3-15,28H,2,16H2,1H3,(H,29,33). The average molecular weight is 548 g/mol. The molecule has 1 amide bonds. The van der Waals surface area contributed by atoms with E-state index >= 15 is 0 Å². The first-order valence-corrected chi connectivity index (χ1v) is 12.8. The molecular formula is C26H22BrN5O2S. The molecule has 7 nitrogen and oxygen atoms in total. The quantitative estimate of drug-likeness (QED) is 0.222. The van der Waals surface area contributed by atoms with E-state index in [9.17, 15) is 4.79 Å². The lowest BCUT2D eigenvalue weighted by atomic mass is 10.1. The minimum absolute atomic E-state index is 0.118. The van der Waals surface area contributed by atoms with Gasteiger partial charge < -0.3 is 15.0 Å². The van der Waals surface area contributed by atoms with E-state index in [0.29, 0.717) is 17.6 Å². The molecule has 0 saturated heterocycles. The number of amides is 1. The van der Waals surface area contributed by atoms with Gasteiger partial charge in [0.05, 0.1) is 12.4 Å². The van der Waals surface area contributed by atoms with Crippen LogP contribution in [0.4, 0.5) is 5.69 Å². The highest BCUT2D eigenvalue weighted by Crippen LogP contribution is 2.33. The zero-order chi connectivity index (χ0) is 24.2. The number of H-pyrrole nitrogens is 1. The Hall–Kier alpha value is -3.56. The van der Waals surface area contributed by atoms with Crippen LogP contribution in [0.2, 0.25) is 0 Å². The third-order valence-electron chi connectivity index (χ3n) is 5.33. The Balaban J connectivity index is 1.46. The zero-order valence-electron chi connectivity index (χ0n) is 18.9. The molecule has 3 aromatic carbocycles. The van der Waals surface area contributed by atoms with Crippen molar-refractivity contribution in [3.05, 3.63) is 83.5 Å². The number of nitrogens with zero attached hydrogens (tertiary/aromatic N) is 3. The number of anilines is 1. The van der Waals surface area contributed by atoms with Crippen molar-refractivity contribution in [2.75, 3.05) is 17.7 Å². The molecule has 0 bridgehead atoms. The highest BCUT2D eigenvalue weighted by molar-refractivity contribution is 9.10. The van der Waals surface area contributed by atoms with Crippen LogP contribution in [0.1, 0.15) is 6.92 Å². The third kappa shape index (κ3) is 5.11. The number of benzene rings is 3. The number of halogens is 1. The van der Waals surface area contributed by atoms with Crippen LogP contribution in [0.5, 0.6) is 5.75 Å². The van der Waals surface area contributed by atoms with Gasteiger partial charge in [0, 0.05) is 38.5 Å². The van der Waals surface area contributed by atoms with E-state index in [-0.39, 0.29) is 11.7 Å². The summed E-state index contributed by atoms with van der Waals surface area (Å²) in [6, 6.07) is 23.3. The number of carbonyl (C=O) groups excluding carboxylic acids is 1. The van der Waals surface area contributed by atoms with Crippen LogP contribution in [0.3, 0.4) is 0 Å². The van der Waals surface area contributed by atoms with Gasteiger partial charge in [0.25, 0.3) is 0 Å². The van der Waals surface area contributed by atoms with E-state index in [1.165, 1.54) is 11.8 Å². The van der Waals surface area contributed by atoms with Crippen LogP contribution in [-0.4, -0.2) is 38.0 Å². The lowest BCUT2D eigenvalue weighted by Gasteiger charge is -2.11. The number of hydrogen-bond donors (Lipinski definition) is 2. The Morgan fingerprint density at radius 1 is 1.06 bits per heavy atom. The molecule has 5 rings (SSSR count). The van der Waals surface area contributed by atoms with Gasteiger partial charge in [-0.25, -0.2) is 0 Å². The minimum Gasteiger partial charge on any atom is -0.494 e. The van der Waals surface area contributed by atoms with Gasteiger partial charge >= 0.3 is 0 Å². The highest BCUT2D eigenvalue weighted by atomic mass is 79.9. The highest BCUT2D eigenvalue weighted by Gasteiger charge is 2.20. The second kappa shape index (κ2) is 10.4. The number of carbonyl (C=O) groups is 1. The molecule has 2 heterocycles. The summed E-state index contributed by atoms with van der Waals surface area (Å²) in [5, 5.41) is 13.6. The zero-order valence-corrected chi connectivity index (χ0v) is 21.3. The summed E-state index contributed by atoms with van der Waals surface area (Å²) in [6.45, 7) is 2.55. The van der Waals surface area contributed by atoms with Gasteiger partial charge in [0.2, 0.25) is 5.91 Å². The molecule has 0 spiro atoms. The molecule has 2 N–H and O–H groups in total. The van der Waals surface area contributed by atoms with Crippen molar-refractivity contribution in [3.8, 4) is 22.8 Å². The number of aromatic nitrogens is 4. The maximum atomic E-state index is 12.6. The summed E-state index contributed by atoms with van der Waals surface area (Å²) in [6.07, 6.45) is 1.94. The van der Waals surface area contributed by atoms with Crippen LogP contribution in [0.15, 0.2) is 88.6 Å². The molecule has 2 aromatic heterocycles. The second-order valence-electron chi connectivity index (χ2n) is 7.66. The molecule has 35 heavy (non-hydrogen) atoms. The first kappa shape index (κ1) is 23.2. The lowest BCUT2D eigenvalue weighted by molar-refractivity contribution is -0.113. The second-order valence-corrected chi connectivity index (χ2v) is 9.52. The number of para-hydroxylation sites is 1. The minimum atomic E-state index is -0.118. The summed E-state index contributed by atoms with van der Waals surface area (Å²) in [5.41, 5.74) is 3.58. The van der Waals surface area contributed by atoms with Crippen molar-refractivity contribution < 1.29 is 9.53 Å². The van der Waals surface area contributed by atoms with Crippen LogP contribution in [0.25, 0.3) is 28.0 Å². The van der Waals surface area contributed by atoms with Crippen LogP contribution < -0.4 is 10.1 Å². The predicted molar refractivity (Wildman–Crippen MR) is 143 cm³/mol. The largest absolute Gasteiger partial charge is 0.494 e. The van der Waals surface area contributed by atoms with Gasteiger partial charge in [-0.2, -0.15) is 0 Å². The number of ether oxygens (including phenoxy) is 1. The van der Waals surface area contributed by atoms with E-state index in [4.69, 9.17) is 4.74 Å². The van der Waals surface area contributed by atoms with E-state index in [2.05, 4.69) is 42.5 Å². The van der Waals surface area contributed by atoms with Gasteiger partial charge in [0.15, 0.2) is 11.0 Å². The first-order chi connectivity index (χ1) is 17.1. The van der Waals surface area contributed by atoms with Crippen LogP contribution in [-0.2, 0) is 4.79 Å². The Kier molecular flexibility index (Phi) is 6.87. The molecule has 0 unspecified atom stereocenters. The summed E-state index contributed by atoms with van der Waals surface area (Å²) in [7, 11) is 0. The van der Waals surface area contributed by atoms with Gasteiger partial charge in [-0.1, -0.05) is 45.9 Å². The third-order valence-corrected chi connectivity index (χ3v) is 6.79. The van der Waals surface area contributed by atoms with Crippen molar-refractivity contribution in [3.63, 3.8) is 0 Å². The van der Waals surface area contributed by atoms with E-state index in [1.54, 1.807) is 0 Å². The Morgan fingerprint density at radius 2 is 1.83 bits per heavy atom. The van der Waals surface area contributed by atoms with Crippen molar-refractivity contribution in [2.24, 2.45) is 0 Å². The van der Waals surface area contributed by atoms with E-state index in [0.717, 1.165) is 38.1 Å². The Labute approximate surface area is 215 Å². The molecule has 0 aliphatic rings. The Morgan fingerprint density at radius 3 is 2.60 bits per heavy atom. The van der Waals surface area contributed by atoms with E-state index < -0.39 is 0 Å². The molecule has 0 saturated carbocycles. The molecule has 0 aliphatic heterocycles. The predicted octanol–water partition coefficient (Wildman–Crippen LogP) is 6.31. The fraction of sp³-hybridized carbons (Fsp3) is 0.115. The number of aromatic amines is 1. The van der Waals surface area contributed by atoms with Crippen LogP contribution in [0, 0.1) is 0 Å². The molecule has 5 aromatic rings. The van der Waals surface area contributed by atoms with Crippen molar-refractivity contribution in [1.29, 1.82) is 0 Å². The number of hydrogen-bond acceptors (Lipinski definition) is 5. The molecular weight excluding hydrogens is 526 g/mol. The number of fused-ring (bicyclic) bond motifs is 1. The smallest absolute Gasteiger partial charge is 0.234 e. The molecule has 176 valence electrons. The molecule has 0 aliphatic carbocycles. The summed E-state index contributed by atoms with van der Waals surface area (Å²) < 4.78 is 8.54. The molecule has 9 heteroatoms. The van der Waals surface area contributed by atoms with Gasteiger partial charge in [-0.3, -0.25) is 9.36 Å². The average Bonchev–Trinajstić information content (AvgIpc) is 3.49. The maximum Gasteiger partial charge on any atom is 0.234 e. The Bertz CT molecular complexity index is 1460. The fourth-order valence-corrected chi connectivity index (χ4v) is 4.76. The summed E-state index contributed by atoms with van der Waals surface area (Å²) in [4.78, 5) is 15.9. The van der Waals surface area contributed by atoms with E-state index in [1.807, 2.05) is 84.4 Å². The van der Waals surface area contributed by atoms with Gasteiger partial charge in [-0.05, 0) is 61.5 Å². The molecule has 0 fully saturated rings. The van der Waals surface area contributed by atoms with Gasteiger partial charge in [0.1, 0.15) is 5.75 Å². The van der Waals surface area contributed by atoms with Crippen LogP contribution >= 0.6 is 27.7 Å². The fourth-order valence-electron chi connectivity index (χ4n) is 3.75. The monoisotopic (exact) mass is 547 g/mol. The van der Waals surface area contributed by atoms with Crippen molar-refractivity contribution in [1.82, 2.24) is 19.7 Å². The SMILES string of the molecule is CCOc1ccc(-n2c(SCC(=O)Nc3ccc(Br)cc3)nnc2-c2c[nH]c3ccccc23)cc1.